The van der Waals surface area contributed by atoms with Crippen molar-refractivity contribution in [3.05, 3.63) is 22.1 Å². The van der Waals surface area contributed by atoms with E-state index in [1.54, 1.807) is 13.0 Å². The van der Waals surface area contributed by atoms with Crippen LogP contribution >= 0.6 is 0 Å². The molecule has 0 aliphatic rings. The van der Waals surface area contributed by atoms with Crippen LogP contribution in [0.25, 0.3) is 0 Å². The Morgan fingerprint density at radius 1 is 1.54 bits per heavy atom. The standard InChI is InChI=1S/C9H16N2O2/c1-6(2)8-4-9(13)11(10-8)5-7(3)12/h4,6-7,10,12H,5H2,1-3H3. The van der Waals surface area contributed by atoms with Crippen molar-refractivity contribution in [1.82, 2.24) is 9.78 Å². The van der Waals surface area contributed by atoms with Crippen molar-refractivity contribution < 1.29 is 5.11 Å². The highest BCUT2D eigenvalue weighted by Crippen LogP contribution is 2.07. The van der Waals surface area contributed by atoms with Gasteiger partial charge in [-0.05, 0) is 12.8 Å². The molecule has 1 atom stereocenters. The van der Waals surface area contributed by atoms with Crippen LogP contribution in [0.15, 0.2) is 10.9 Å². The molecule has 0 aliphatic carbocycles. The summed E-state index contributed by atoms with van der Waals surface area (Å²) in [5.41, 5.74) is 0.829. The maximum atomic E-state index is 11.3. The molecule has 4 heteroatoms. The zero-order chi connectivity index (χ0) is 10.0. The molecule has 0 spiro atoms. The Labute approximate surface area is 77.2 Å². The number of H-pyrrole nitrogens is 1. The second-order valence-electron chi connectivity index (χ2n) is 3.66. The third kappa shape index (κ3) is 2.45. The molecule has 0 fully saturated rings. The zero-order valence-electron chi connectivity index (χ0n) is 8.24. The van der Waals surface area contributed by atoms with E-state index >= 15 is 0 Å². The Bertz CT molecular complexity index is 323. The van der Waals surface area contributed by atoms with Crippen molar-refractivity contribution in [3.63, 3.8) is 0 Å². The van der Waals surface area contributed by atoms with Crippen LogP contribution in [0.4, 0.5) is 0 Å². The first-order chi connectivity index (χ1) is 6.00. The summed E-state index contributed by atoms with van der Waals surface area (Å²) in [6.07, 6.45) is -0.503. The molecule has 0 saturated heterocycles. The Hall–Kier alpha value is -1.03. The molecule has 1 unspecified atom stereocenters. The Morgan fingerprint density at radius 2 is 2.15 bits per heavy atom. The monoisotopic (exact) mass is 184 g/mol. The number of hydrogen-bond acceptors (Lipinski definition) is 2. The van der Waals surface area contributed by atoms with Gasteiger partial charge in [-0.25, -0.2) is 0 Å². The number of aromatic nitrogens is 2. The molecule has 0 radical (unpaired) electrons. The maximum Gasteiger partial charge on any atom is 0.266 e. The minimum Gasteiger partial charge on any atom is -0.391 e. The van der Waals surface area contributed by atoms with E-state index in [1.807, 2.05) is 13.8 Å². The normalized spacial score (nSPS) is 13.6. The molecule has 1 aromatic rings. The van der Waals surface area contributed by atoms with Crippen molar-refractivity contribution in [1.29, 1.82) is 0 Å². The number of aliphatic hydroxyl groups is 1. The molecule has 0 amide bonds. The molecule has 74 valence electrons. The number of nitrogens with zero attached hydrogens (tertiary/aromatic N) is 1. The van der Waals surface area contributed by atoms with Crippen molar-refractivity contribution in [2.45, 2.75) is 39.3 Å². The summed E-state index contributed by atoms with van der Waals surface area (Å²) in [5.74, 6) is 0.308. The fourth-order valence-corrected chi connectivity index (χ4v) is 1.15. The van der Waals surface area contributed by atoms with Crippen LogP contribution in [-0.2, 0) is 6.54 Å². The largest absolute Gasteiger partial charge is 0.391 e. The van der Waals surface area contributed by atoms with Gasteiger partial charge in [0.05, 0.1) is 12.6 Å². The zero-order valence-corrected chi connectivity index (χ0v) is 8.24. The molecule has 1 rings (SSSR count). The lowest BCUT2D eigenvalue weighted by atomic mass is 10.1. The molecule has 13 heavy (non-hydrogen) atoms. The van der Waals surface area contributed by atoms with Gasteiger partial charge < -0.3 is 5.11 Å². The lowest BCUT2D eigenvalue weighted by Crippen LogP contribution is -2.22. The van der Waals surface area contributed by atoms with Crippen LogP contribution in [0.5, 0.6) is 0 Å². The average molecular weight is 184 g/mol. The molecule has 4 nitrogen and oxygen atoms in total. The topological polar surface area (TPSA) is 58.0 Å². The van der Waals surface area contributed by atoms with Gasteiger partial charge in [-0.3, -0.25) is 14.6 Å². The number of aromatic amines is 1. The second-order valence-corrected chi connectivity index (χ2v) is 3.66. The van der Waals surface area contributed by atoms with Gasteiger partial charge in [0, 0.05) is 11.8 Å². The van der Waals surface area contributed by atoms with Gasteiger partial charge in [-0.2, -0.15) is 0 Å². The van der Waals surface area contributed by atoms with E-state index in [0.29, 0.717) is 12.5 Å². The summed E-state index contributed by atoms with van der Waals surface area (Å²) in [7, 11) is 0. The quantitative estimate of drug-likeness (QED) is 0.725. The third-order valence-corrected chi connectivity index (χ3v) is 1.88. The Kier molecular flexibility index (Phi) is 2.93. The van der Waals surface area contributed by atoms with E-state index < -0.39 is 6.10 Å². The van der Waals surface area contributed by atoms with Gasteiger partial charge in [-0.15, -0.1) is 0 Å². The fraction of sp³-hybridized carbons (Fsp3) is 0.667. The molecule has 0 bridgehead atoms. The van der Waals surface area contributed by atoms with E-state index in [4.69, 9.17) is 5.11 Å². The summed E-state index contributed by atoms with van der Waals surface area (Å²) < 4.78 is 1.43. The van der Waals surface area contributed by atoms with Gasteiger partial charge in [0.25, 0.3) is 5.56 Å². The first-order valence-corrected chi connectivity index (χ1v) is 4.48. The third-order valence-electron chi connectivity index (χ3n) is 1.88. The number of hydrogen-bond donors (Lipinski definition) is 2. The lowest BCUT2D eigenvalue weighted by Gasteiger charge is -2.05. The molecule has 0 saturated carbocycles. The van der Waals surface area contributed by atoms with Crippen molar-refractivity contribution in [2.75, 3.05) is 0 Å². The van der Waals surface area contributed by atoms with E-state index in [0.717, 1.165) is 5.69 Å². The molecule has 2 N–H and O–H groups in total. The van der Waals surface area contributed by atoms with Crippen LogP contribution in [0, 0.1) is 0 Å². The van der Waals surface area contributed by atoms with E-state index in [-0.39, 0.29) is 5.56 Å². The maximum absolute atomic E-state index is 11.3. The molecule has 0 aromatic carbocycles. The van der Waals surface area contributed by atoms with Gasteiger partial charge in [0.2, 0.25) is 0 Å². The summed E-state index contributed by atoms with van der Waals surface area (Å²) in [6.45, 7) is 6.00. The van der Waals surface area contributed by atoms with Crippen molar-refractivity contribution in [2.24, 2.45) is 0 Å². The fourth-order valence-electron chi connectivity index (χ4n) is 1.15. The summed E-state index contributed by atoms with van der Waals surface area (Å²) >= 11 is 0. The van der Waals surface area contributed by atoms with Crippen molar-refractivity contribution in [3.8, 4) is 0 Å². The first-order valence-electron chi connectivity index (χ1n) is 4.48. The predicted molar refractivity (Wildman–Crippen MR) is 50.8 cm³/mol. The van der Waals surface area contributed by atoms with Gasteiger partial charge in [0.15, 0.2) is 0 Å². The van der Waals surface area contributed by atoms with Crippen molar-refractivity contribution >= 4 is 0 Å². The summed E-state index contributed by atoms with van der Waals surface area (Å²) in [6, 6.07) is 1.58. The highest BCUT2D eigenvalue weighted by Gasteiger charge is 2.07. The Balaban J connectivity index is 2.90. The molecular weight excluding hydrogens is 168 g/mol. The highest BCUT2D eigenvalue weighted by molar-refractivity contribution is 5.04. The molecular formula is C9H16N2O2. The first kappa shape index (κ1) is 10.1. The Morgan fingerprint density at radius 3 is 2.54 bits per heavy atom. The second kappa shape index (κ2) is 3.79. The minimum absolute atomic E-state index is 0.0791. The van der Waals surface area contributed by atoms with Gasteiger partial charge >= 0.3 is 0 Å². The van der Waals surface area contributed by atoms with Crippen LogP contribution in [0.2, 0.25) is 0 Å². The predicted octanol–water partition coefficient (Wildman–Crippen LogP) is 0.681. The average Bonchev–Trinajstić information content (AvgIpc) is 2.31. The summed E-state index contributed by atoms with van der Waals surface area (Å²) in [4.78, 5) is 11.3. The van der Waals surface area contributed by atoms with Gasteiger partial charge in [0.1, 0.15) is 0 Å². The molecule has 1 aromatic heterocycles. The van der Waals surface area contributed by atoms with E-state index in [2.05, 4.69) is 5.10 Å². The highest BCUT2D eigenvalue weighted by atomic mass is 16.3. The van der Waals surface area contributed by atoms with Crippen LogP contribution in [0.3, 0.4) is 0 Å². The molecule has 1 heterocycles. The number of aliphatic hydroxyl groups excluding tert-OH is 1. The van der Waals surface area contributed by atoms with E-state index in [9.17, 15) is 4.79 Å². The minimum atomic E-state index is -0.503. The summed E-state index contributed by atoms with van der Waals surface area (Å²) in [5, 5.41) is 12.1. The number of nitrogens with one attached hydrogen (secondary N) is 1. The van der Waals surface area contributed by atoms with E-state index in [1.165, 1.54) is 4.68 Å². The smallest absolute Gasteiger partial charge is 0.266 e. The molecule has 0 aliphatic heterocycles. The SMILES string of the molecule is CC(O)Cn1[nH]c(C(C)C)cc1=O. The van der Waals surface area contributed by atoms with Crippen LogP contribution < -0.4 is 5.56 Å². The number of rotatable bonds is 3. The van der Waals surface area contributed by atoms with Crippen LogP contribution in [-0.4, -0.2) is 21.0 Å². The lowest BCUT2D eigenvalue weighted by molar-refractivity contribution is 0.167. The van der Waals surface area contributed by atoms with Crippen LogP contribution in [0.1, 0.15) is 32.4 Å². The van der Waals surface area contributed by atoms with Gasteiger partial charge in [-0.1, -0.05) is 13.8 Å².